The van der Waals surface area contributed by atoms with E-state index in [9.17, 15) is 8.42 Å². The van der Waals surface area contributed by atoms with Crippen LogP contribution in [0.1, 0.15) is 13.3 Å². The van der Waals surface area contributed by atoms with Crippen molar-refractivity contribution < 1.29 is 17.3 Å². The van der Waals surface area contributed by atoms with Crippen LogP contribution in [0.2, 0.25) is 0 Å². The minimum atomic E-state index is -3.31. The molecule has 0 N–H and O–H groups in total. The van der Waals surface area contributed by atoms with Gasteiger partial charge in [-0.3, -0.25) is 4.18 Å². The van der Waals surface area contributed by atoms with Crippen molar-refractivity contribution >= 4 is 10.1 Å². The molecule has 3 unspecified atom stereocenters. The Morgan fingerprint density at radius 3 is 2.82 bits per heavy atom. The Hall–Kier alpha value is -0.130. The first kappa shape index (κ1) is 7.52. The summed E-state index contributed by atoms with van der Waals surface area (Å²) in [7, 11) is -3.31. The van der Waals surface area contributed by atoms with Gasteiger partial charge in [0.05, 0.1) is 18.8 Å². The molecule has 64 valence electrons. The predicted molar refractivity (Wildman–Crippen MR) is 37.6 cm³/mol. The molecule has 0 aromatic rings. The predicted octanol–water partition coefficient (Wildman–Crippen LogP) is -0.108. The van der Waals surface area contributed by atoms with Crippen molar-refractivity contribution in [3.05, 3.63) is 0 Å². The van der Waals surface area contributed by atoms with Crippen LogP contribution < -0.4 is 0 Å². The van der Waals surface area contributed by atoms with E-state index >= 15 is 0 Å². The smallest absolute Gasteiger partial charge is 0.272 e. The summed E-state index contributed by atoms with van der Waals surface area (Å²) >= 11 is 0. The highest BCUT2D eigenvalue weighted by Crippen LogP contribution is 2.31. The monoisotopic (exact) mass is 178 g/mol. The minimum Gasteiger partial charge on any atom is -0.371 e. The molecule has 2 fully saturated rings. The van der Waals surface area contributed by atoms with E-state index < -0.39 is 15.4 Å². The summed E-state index contributed by atoms with van der Waals surface area (Å²) in [6.45, 7) is 1.97. The lowest BCUT2D eigenvalue weighted by atomic mass is 10.2. The molecule has 0 aromatic carbocycles. The molecule has 2 aliphatic rings. The van der Waals surface area contributed by atoms with Crippen LogP contribution in [-0.2, 0) is 19.0 Å². The molecule has 2 rings (SSSR count). The first-order valence-corrected chi connectivity index (χ1v) is 5.10. The molecule has 4 nitrogen and oxygen atoms in total. The lowest BCUT2D eigenvalue weighted by Crippen LogP contribution is -2.33. The zero-order valence-electron chi connectivity index (χ0n) is 6.19. The summed E-state index contributed by atoms with van der Waals surface area (Å²) < 4.78 is 32.3. The molecule has 3 atom stereocenters. The molecule has 11 heavy (non-hydrogen) atoms. The third kappa shape index (κ3) is 1.07. The molecule has 2 bridgehead atoms. The van der Waals surface area contributed by atoms with E-state index in [4.69, 9.17) is 4.74 Å². The summed E-state index contributed by atoms with van der Waals surface area (Å²) in [5.74, 6) is 0. The van der Waals surface area contributed by atoms with Crippen molar-refractivity contribution in [3.63, 3.8) is 0 Å². The zero-order chi connectivity index (χ0) is 8.06. The van der Waals surface area contributed by atoms with Gasteiger partial charge in [-0.1, -0.05) is 0 Å². The number of fused-ring (bicyclic) bond motifs is 2. The number of hydrogen-bond acceptors (Lipinski definition) is 4. The molecular formula is C6H10O4S. The molecule has 2 heterocycles. The van der Waals surface area contributed by atoms with E-state index in [1.807, 2.05) is 0 Å². The van der Waals surface area contributed by atoms with Crippen molar-refractivity contribution in [3.8, 4) is 0 Å². The Balaban J connectivity index is 2.33. The highest BCUT2D eigenvalue weighted by atomic mass is 32.2. The van der Waals surface area contributed by atoms with E-state index in [0.29, 0.717) is 6.42 Å². The van der Waals surface area contributed by atoms with E-state index in [2.05, 4.69) is 4.18 Å². The minimum absolute atomic E-state index is 0.00137. The molecule has 0 spiro atoms. The largest absolute Gasteiger partial charge is 0.371 e. The highest BCUT2D eigenvalue weighted by Gasteiger charge is 2.46. The fourth-order valence-corrected chi connectivity index (χ4v) is 3.12. The third-order valence-corrected chi connectivity index (χ3v) is 4.00. The van der Waals surface area contributed by atoms with Crippen LogP contribution in [-0.4, -0.2) is 32.5 Å². The average molecular weight is 178 g/mol. The van der Waals surface area contributed by atoms with E-state index in [-0.39, 0.29) is 18.8 Å². The van der Waals surface area contributed by atoms with Gasteiger partial charge in [-0.2, -0.15) is 8.42 Å². The molecule has 2 aliphatic heterocycles. The summed E-state index contributed by atoms with van der Waals surface area (Å²) in [5.41, 5.74) is 0. The van der Waals surface area contributed by atoms with E-state index in [0.717, 1.165) is 0 Å². The molecule has 0 radical (unpaired) electrons. The second-order valence-corrected chi connectivity index (χ2v) is 4.84. The van der Waals surface area contributed by atoms with Crippen LogP contribution in [0.15, 0.2) is 0 Å². The Kier molecular flexibility index (Phi) is 1.49. The van der Waals surface area contributed by atoms with Gasteiger partial charge < -0.3 is 4.74 Å². The van der Waals surface area contributed by atoms with Gasteiger partial charge in [-0.25, -0.2) is 0 Å². The average Bonchev–Trinajstić information content (AvgIpc) is 2.23. The van der Waals surface area contributed by atoms with Gasteiger partial charge in [0.2, 0.25) is 0 Å². The van der Waals surface area contributed by atoms with Gasteiger partial charge in [-0.15, -0.1) is 0 Å². The fourth-order valence-electron chi connectivity index (χ4n) is 1.62. The number of hydrogen-bond donors (Lipinski definition) is 0. The van der Waals surface area contributed by atoms with Gasteiger partial charge >= 0.3 is 0 Å². The summed E-state index contributed by atoms with van der Waals surface area (Å²) in [6, 6.07) is 0. The standard InChI is InChI=1S/C6H10O4S/c1-4-6-2-5(10-4)3-9-11(6,7)8/h4-6H,2-3H2,1H3. The van der Waals surface area contributed by atoms with E-state index in [1.165, 1.54) is 0 Å². The maximum Gasteiger partial charge on any atom is 0.272 e. The van der Waals surface area contributed by atoms with Crippen LogP contribution in [0, 0.1) is 0 Å². The molecule has 0 aliphatic carbocycles. The third-order valence-electron chi connectivity index (χ3n) is 2.21. The summed E-state index contributed by atoms with van der Waals surface area (Å²) in [4.78, 5) is 0. The van der Waals surface area contributed by atoms with Crippen LogP contribution >= 0.6 is 0 Å². The Labute approximate surface area is 65.6 Å². The number of ether oxygens (including phenoxy) is 1. The van der Waals surface area contributed by atoms with E-state index in [1.54, 1.807) is 6.92 Å². The van der Waals surface area contributed by atoms with Crippen LogP contribution in [0.3, 0.4) is 0 Å². The maximum absolute atomic E-state index is 11.1. The summed E-state index contributed by atoms with van der Waals surface area (Å²) in [6.07, 6.45) is 0.398. The van der Waals surface area contributed by atoms with Gasteiger partial charge in [-0.05, 0) is 13.3 Å². The lowest BCUT2D eigenvalue weighted by Gasteiger charge is -2.16. The van der Waals surface area contributed by atoms with Crippen molar-refractivity contribution in [2.24, 2.45) is 0 Å². The lowest BCUT2D eigenvalue weighted by molar-refractivity contribution is 0.0364. The van der Waals surface area contributed by atoms with Gasteiger partial charge in [0.15, 0.2) is 0 Å². The molecule has 5 heteroatoms. The van der Waals surface area contributed by atoms with Crippen molar-refractivity contribution in [2.75, 3.05) is 6.61 Å². The van der Waals surface area contributed by atoms with Crippen LogP contribution in [0.25, 0.3) is 0 Å². The summed E-state index contributed by atoms with van der Waals surface area (Å²) in [5, 5.41) is -0.429. The van der Waals surface area contributed by atoms with Crippen molar-refractivity contribution in [1.29, 1.82) is 0 Å². The SMILES string of the molecule is CC1OC2COS(=O)(=O)C1C2. The normalized spacial score (nSPS) is 47.5. The number of rotatable bonds is 0. The first-order chi connectivity index (χ1) is 5.09. The molecule has 2 saturated heterocycles. The quantitative estimate of drug-likeness (QED) is 0.486. The molecular weight excluding hydrogens is 168 g/mol. The Morgan fingerprint density at radius 2 is 2.18 bits per heavy atom. The Bertz CT molecular complexity index is 258. The molecule has 0 amide bonds. The van der Waals surface area contributed by atoms with Crippen molar-refractivity contribution in [2.45, 2.75) is 30.8 Å². The van der Waals surface area contributed by atoms with Crippen LogP contribution in [0.5, 0.6) is 0 Å². The second kappa shape index (κ2) is 2.18. The van der Waals surface area contributed by atoms with Gasteiger partial charge in [0.25, 0.3) is 10.1 Å². The topological polar surface area (TPSA) is 52.6 Å². The fraction of sp³-hybridized carbons (Fsp3) is 1.00. The highest BCUT2D eigenvalue weighted by molar-refractivity contribution is 7.87. The molecule has 0 aromatic heterocycles. The second-order valence-electron chi connectivity index (χ2n) is 3.01. The zero-order valence-corrected chi connectivity index (χ0v) is 7.00. The van der Waals surface area contributed by atoms with Gasteiger partial charge in [0, 0.05) is 0 Å². The van der Waals surface area contributed by atoms with Gasteiger partial charge in [0.1, 0.15) is 5.25 Å². The van der Waals surface area contributed by atoms with Crippen molar-refractivity contribution in [1.82, 2.24) is 0 Å². The molecule has 0 saturated carbocycles. The first-order valence-electron chi connectivity index (χ1n) is 3.63. The maximum atomic E-state index is 11.1. The van der Waals surface area contributed by atoms with Crippen LogP contribution in [0.4, 0.5) is 0 Å². The Morgan fingerprint density at radius 1 is 1.45 bits per heavy atom.